The number of rotatable bonds is 31. The first-order valence-electron chi connectivity index (χ1n) is 20.2. The lowest BCUT2D eigenvalue weighted by Crippen LogP contribution is -2.74. The summed E-state index contributed by atoms with van der Waals surface area (Å²) in [6.45, 7) is -1.41. The molecule has 0 radical (unpaired) electrons. The first-order valence-corrected chi connectivity index (χ1v) is 20.2. The van der Waals surface area contributed by atoms with Gasteiger partial charge in [-0.05, 0) is 25.7 Å². The maximum absolute atomic E-state index is 14.3. The molecule has 0 fully saturated rings. The van der Waals surface area contributed by atoms with Gasteiger partial charge in [-0.2, -0.15) is 149 Å². The van der Waals surface area contributed by atoms with Crippen LogP contribution in [0, 0.1) is 0 Å². The molecule has 0 aliphatic carbocycles. The summed E-state index contributed by atoms with van der Waals surface area (Å²) >= 11 is 0. The number of alkyl halides is 34. The van der Waals surface area contributed by atoms with Crippen LogP contribution in [0.3, 0.4) is 0 Å². The quantitative estimate of drug-likeness (QED) is 0.0369. The van der Waals surface area contributed by atoms with Crippen molar-refractivity contribution < 1.29 is 158 Å². The highest BCUT2D eigenvalue weighted by Gasteiger charge is 2.97. The van der Waals surface area contributed by atoms with Gasteiger partial charge in [0, 0.05) is 25.7 Å². The average molecular weight is 1150 g/mol. The second kappa shape index (κ2) is 21.2. The van der Waals surface area contributed by atoms with E-state index in [9.17, 15) is 149 Å². The molecule has 0 aromatic heterocycles. The van der Waals surface area contributed by atoms with E-state index in [4.69, 9.17) is 0 Å². The van der Waals surface area contributed by atoms with E-state index >= 15 is 0 Å². The van der Waals surface area contributed by atoms with Gasteiger partial charge in [-0.3, -0.25) is 0 Å². The van der Waals surface area contributed by atoms with Gasteiger partial charge in [0.25, 0.3) is 0 Å². The maximum atomic E-state index is 14.3. The van der Waals surface area contributed by atoms with Gasteiger partial charge in [0.15, 0.2) is 0 Å². The van der Waals surface area contributed by atoms with Crippen LogP contribution in [0.4, 0.5) is 149 Å². The molecule has 0 aromatic rings. The zero-order valence-electron chi connectivity index (χ0n) is 37.1. The molecule has 0 spiro atoms. The second-order valence-corrected chi connectivity index (χ2v) is 18.1. The number of unbranched alkanes of at least 4 members (excludes halogenated alkanes) is 7. The van der Waals surface area contributed by atoms with Crippen LogP contribution in [0.1, 0.15) is 77.0 Å². The highest BCUT2D eigenvalue weighted by molar-refractivity contribution is 5.16. The molecule has 0 aromatic carbocycles. The summed E-state index contributed by atoms with van der Waals surface area (Å²) in [7, 11) is 4.90. The number of hydrogen-bond donors (Lipinski definition) is 0. The van der Waals surface area contributed by atoms with Crippen LogP contribution in [0.25, 0.3) is 0 Å². The Labute approximate surface area is 385 Å². The van der Waals surface area contributed by atoms with Crippen LogP contribution in [-0.2, 0) is 0 Å². The zero-order valence-corrected chi connectivity index (χ0v) is 37.1. The summed E-state index contributed by atoms with van der Waals surface area (Å²) in [5.41, 5.74) is 0. The molecule has 2 nitrogen and oxygen atoms in total. The van der Waals surface area contributed by atoms with Crippen LogP contribution < -0.4 is 0 Å². The lowest BCUT2D eigenvalue weighted by Gasteiger charge is -2.43. The molecular formula is C36H44F34N2+2. The summed E-state index contributed by atoms with van der Waals surface area (Å²) < 4.78 is 458. The predicted octanol–water partition coefficient (Wildman–Crippen LogP) is 15.8. The monoisotopic (exact) mass is 1150 g/mol. The molecule has 72 heavy (non-hydrogen) atoms. The van der Waals surface area contributed by atoms with Gasteiger partial charge in [-0.15, -0.1) is 0 Å². The Bertz CT molecular complexity index is 1600. The van der Waals surface area contributed by atoms with Gasteiger partial charge >= 0.3 is 95.3 Å². The predicted molar refractivity (Wildman–Crippen MR) is 180 cm³/mol. The minimum Gasteiger partial charge on any atom is -0.328 e. The molecule has 0 unspecified atom stereocenters. The van der Waals surface area contributed by atoms with Crippen LogP contribution in [0.2, 0.25) is 0 Å². The zero-order chi connectivity index (χ0) is 58.3. The van der Waals surface area contributed by atoms with E-state index in [1.54, 1.807) is 0 Å². The van der Waals surface area contributed by atoms with Crippen molar-refractivity contribution in [3.8, 4) is 0 Å². The molecule has 0 heterocycles. The summed E-state index contributed by atoms with van der Waals surface area (Å²) in [5, 5.41) is 0. The number of hydrogen-bond acceptors (Lipinski definition) is 0. The van der Waals surface area contributed by atoms with Crippen LogP contribution in [0.15, 0.2) is 0 Å². The van der Waals surface area contributed by atoms with Gasteiger partial charge in [-0.25, -0.2) is 0 Å². The summed E-state index contributed by atoms with van der Waals surface area (Å²) in [4.78, 5) is 0. The Morgan fingerprint density at radius 2 is 0.347 bits per heavy atom. The van der Waals surface area contributed by atoms with Crippen molar-refractivity contribution in [3.63, 3.8) is 0 Å². The Kier molecular flexibility index (Phi) is 20.4. The van der Waals surface area contributed by atoms with E-state index in [1.165, 1.54) is 28.2 Å². The molecule has 36 heteroatoms. The van der Waals surface area contributed by atoms with E-state index in [-0.39, 0.29) is 25.9 Å². The maximum Gasteiger partial charge on any atom is 0.460 e. The van der Waals surface area contributed by atoms with E-state index in [2.05, 4.69) is 0 Å². The SMILES string of the molecule is C[N+](C)(CCCCCCCCCC[N+](C)(C)CCCC(F)(F)C(F)(F)C(F)(F)C(F)(F)C(F)(F)C(F)(F)C(F)(F)C(F)(F)F)CCCC(F)(F)C(F)(F)C(F)(F)C(F)(F)C(F)(F)C(F)(F)C(F)(F)C(F)(F)F. The Hall–Kier alpha value is -2.46. The molecule has 0 saturated heterocycles. The van der Waals surface area contributed by atoms with E-state index < -0.39 is 143 Å². The fraction of sp³-hybridized carbons (Fsp3) is 1.00. The lowest BCUT2D eigenvalue weighted by atomic mass is 9.88. The fourth-order valence-electron chi connectivity index (χ4n) is 6.53. The number of quaternary nitrogens is 2. The molecule has 0 amide bonds. The van der Waals surface area contributed by atoms with Crippen molar-refractivity contribution in [1.82, 2.24) is 0 Å². The van der Waals surface area contributed by atoms with E-state index in [0.717, 1.165) is 0 Å². The molecule has 0 aliphatic heterocycles. The third-order valence-electron chi connectivity index (χ3n) is 11.4. The Balaban J connectivity index is 5.16. The molecule has 0 bridgehead atoms. The van der Waals surface area contributed by atoms with Crippen LogP contribution >= 0.6 is 0 Å². The molecule has 0 saturated carbocycles. The normalized spacial score (nSPS) is 16.2. The van der Waals surface area contributed by atoms with Gasteiger partial charge < -0.3 is 8.97 Å². The first-order chi connectivity index (χ1) is 31.1. The lowest BCUT2D eigenvalue weighted by molar-refractivity contribution is -0.890. The number of nitrogens with zero attached hydrogens (tertiary/aromatic N) is 2. The van der Waals surface area contributed by atoms with Crippen LogP contribution in [0.5, 0.6) is 0 Å². The first kappa shape index (κ1) is 69.5. The van der Waals surface area contributed by atoms with Crippen molar-refractivity contribution >= 4 is 0 Å². The molecule has 434 valence electrons. The van der Waals surface area contributed by atoms with Gasteiger partial charge in [0.05, 0.1) is 54.4 Å². The summed E-state index contributed by atoms with van der Waals surface area (Å²) in [6.07, 6.45) is -20.7. The van der Waals surface area contributed by atoms with Gasteiger partial charge in [-0.1, -0.05) is 25.7 Å². The highest BCUT2D eigenvalue weighted by atomic mass is 19.4. The van der Waals surface area contributed by atoms with Crippen molar-refractivity contribution in [2.75, 3.05) is 54.4 Å². The Morgan fingerprint density at radius 3 is 0.542 bits per heavy atom. The smallest absolute Gasteiger partial charge is 0.328 e. The largest absolute Gasteiger partial charge is 0.460 e. The van der Waals surface area contributed by atoms with Gasteiger partial charge in [0.2, 0.25) is 0 Å². The molecule has 0 atom stereocenters. The van der Waals surface area contributed by atoms with Crippen molar-refractivity contribution in [3.05, 3.63) is 0 Å². The molecular weight excluding hydrogens is 1110 g/mol. The minimum absolute atomic E-state index is 0.0158. The van der Waals surface area contributed by atoms with Crippen molar-refractivity contribution in [2.24, 2.45) is 0 Å². The van der Waals surface area contributed by atoms with E-state index in [1.807, 2.05) is 0 Å². The standard InChI is InChI=1S/C36H44F34N2/c1-71(2,19-13-15-21(37,38)23(41,42)25(45,46)27(49,50)29(53,54)31(57,58)33(61,62)35(65,66)67)17-11-9-7-5-6-8-10-12-18-72(3,4)20-14-16-22(39,40)24(43,44)26(47,48)28(51,52)30(55,56)32(59,60)34(63,64)36(68,69)70/h5-20H2,1-4H3/q+2. The Morgan fingerprint density at radius 1 is 0.194 bits per heavy atom. The molecule has 0 N–H and O–H groups in total. The van der Waals surface area contributed by atoms with E-state index in [0.29, 0.717) is 38.5 Å². The summed E-state index contributed by atoms with van der Waals surface area (Å²) in [6, 6.07) is 0. The topological polar surface area (TPSA) is 0 Å². The average Bonchev–Trinajstić information content (AvgIpc) is 3.16. The molecule has 0 rings (SSSR count). The van der Waals surface area contributed by atoms with Gasteiger partial charge in [0.1, 0.15) is 0 Å². The van der Waals surface area contributed by atoms with Crippen LogP contribution in [-0.4, -0.2) is 159 Å². The third kappa shape index (κ3) is 12.5. The minimum atomic E-state index is -8.73. The third-order valence-corrected chi connectivity index (χ3v) is 11.4. The number of halogens is 34. The second-order valence-electron chi connectivity index (χ2n) is 18.1. The summed E-state index contributed by atoms with van der Waals surface area (Å²) in [5.74, 6) is -114. The van der Waals surface area contributed by atoms with Crippen molar-refractivity contribution in [1.29, 1.82) is 0 Å². The van der Waals surface area contributed by atoms with Crippen molar-refractivity contribution in [2.45, 2.75) is 172 Å². The fourth-order valence-corrected chi connectivity index (χ4v) is 6.53. The highest BCUT2D eigenvalue weighted by Crippen LogP contribution is 2.66. The molecule has 0 aliphatic rings.